The third-order valence-corrected chi connectivity index (χ3v) is 5.26. The third kappa shape index (κ3) is 5.34. The van der Waals surface area contributed by atoms with Crippen LogP contribution in [0.2, 0.25) is 0 Å². The van der Waals surface area contributed by atoms with E-state index in [9.17, 15) is 9.59 Å². The van der Waals surface area contributed by atoms with Gasteiger partial charge in [-0.25, -0.2) is 0 Å². The van der Waals surface area contributed by atoms with E-state index >= 15 is 0 Å². The fourth-order valence-corrected chi connectivity index (χ4v) is 3.70. The van der Waals surface area contributed by atoms with Crippen LogP contribution in [0, 0.1) is 0 Å². The highest BCUT2D eigenvalue weighted by Gasteiger charge is 2.27. The van der Waals surface area contributed by atoms with E-state index in [2.05, 4.69) is 18.2 Å². The van der Waals surface area contributed by atoms with Crippen molar-refractivity contribution in [3.05, 3.63) is 41.5 Å². The van der Waals surface area contributed by atoms with E-state index in [0.29, 0.717) is 55.0 Å². The van der Waals surface area contributed by atoms with Gasteiger partial charge in [0.1, 0.15) is 24.2 Å². The molecule has 0 fully saturated rings. The lowest BCUT2D eigenvalue weighted by atomic mass is 10.0. The molecule has 0 radical (unpaired) electrons. The molecular weight excluding hydrogens is 432 g/mol. The number of carbonyl (C=O) groups is 2. The first-order chi connectivity index (χ1) is 15.5. The van der Waals surface area contributed by atoms with Crippen LogP contribution in [0.4, 0.5) is 11.4 Å². The van der Waals surface area contributed by atoms with Crippen LogP contribution in [0.1, 0.15) is 42.1 Å². The molecule has 1 aliphatic heterocycles. The predicted molar refractivity (Wildman–Crippen MR) is 124 cm³/mol. The van der Waals surface area contributed by atoms with E-state index in [0.717, 1.165) is 17.0 Å². The Morgan fingerprint density at radius 3 is 2.69 bits per heavy atom. The average molecular weight is 460 g/mol. The summed E-state index contributed by atoms with van der Waals surface area (Å²) in [6.45, 7) is 1.95. The van der Waals surface area contributed by atoms with Gasteiger partial charge in [-0.15, -0.1) is 0 Å². The number of amides is 1. The minimum atomic E-state index is -0.188. The number of unbranched alkanes of at least 4 members (excludes halogenated alkanes) is 1. The molecule has 2 aromatic carbocycles. The smallest absolute Gasteiger partial charge is 0.273 e. The Morgan fingerprint density at radius 1 is 1.19 bits per heavy atom. The summed E-state index contributed by atoms with van der Waals surface area (Å²) in [6, 6.07) is 9.10. The second kappa shape index (κ2) is 10.9. The standard InChI is InChI=1S/C23H26N2O6S/c1-15(26)22-19(9-10-20(28-2)23(22)29-3)25(31-32)12-4-5-13-30-17-7-8-18-16(14-17)6-11-21(27)24-18/h7-10,12,14H,4-6,11,13H2,1-3H3,(H-,24,27,32)/p+1. The molecule has 1 amide bonds. The number of carbonyl (C=O) groups excluding carboxylic acids is 2. The largest absolute Gasteiger partial charge is 0.494 e. The normalized spacial score (nSPS) is 13.1. The number of nitrogens with one attached hydrogen (secondary N) is 1. The van der Waals surface area contributed by atoms with Gasteiger partial charge in [-0.05, 0) is 49.6 Å². The molecule has 0 bridgehead atoms. The molecule has 3 rings (SSSR count). The molecule has 32 heavy (non-hydrogen) atoms. The number of anilines is 1. The number of fused-ring (bicyclic) bond motifs is 1. The van der Waals surface area contributed by atoms with Crippen molar-refractivity contribution in [1.29, 1.82) is 0 Å². The Bertz CT molecular complexity index is 1040. The molecule has 0 spiro atoms. The quantitative estimate of drug-likeness (QED) is 0.106. The first-order valence-electron chi connectivity index (χ1n) is 10.2. The van der Waals surface area contributed by atoms with Gasteiger partial charge in [0.05, 0.1) is 20.8 Å². The van der Waals surface area contributed by atoms with Gasteiger partial charge in [0, 0.05) is 29.3 Å². The number of hydrogen-bond acceptors (Lipinski definition) is 7. The first-order valence-corrected chi connectivity index (χ1v) is 10.6. The van der Waals surface area contributed by atoms with Gasteiger partial charge in [0.15, 0.2) is 17.3 Å². The zero-order chi connectivity index (χ0) is 23.1. The van der Waals surface area contributed by atoms with Crippen LogP contribution >= 0.6 is 12.9 Å². The zero-order valence-corrected chi connectivity index (χ0v) is 19.2. The molecule has 0 atom stereocenters. The highest BCUT2D eigenvalue weighted by atomic mass is 32.1. The number of thiol groups is 1. The Kier molecular flexibility index (Phi) is 7.99. The van der Waals surface area contributed by atoms with Crippen molar-refractivity contribution < 1.29 is 32.8 Å². The number of benzene rings is 2. The fourth-order valence-electron chi connectivity index (χ4n) is 3.55. The second-order valence-corrected chi connectivity index (χ2v) is 7.36. The number of Topliss-reactive ketones (excluding diaryl/α,β-unsaturated/α-hetero) is 1. The molecule has 2 aromatic rings. The summed E-state index contributed by atoms with van der Waals surface area (Å²) >= 11 is 3.94. The van der Waals surface area contributed by atoms with Crippen LogP contribution < -0.4 is 19.5 Å². The highest BCUT2D eigenvalue weighted by molar-refractivity contribution is 7.74. The Balaban J connectivity index is 1.65. The van der Waals surface area contributed by atoms with Crippen LogP contribution in [-0.4, -0.2) is 43.5 Å². The Hall–Kier alpha value is -3.20. The predicted octanol–water partition coefficient (Wildman–Crippen LogP) is 4.14. The van der Waals surface area contributed by atoms with E-state index in [-0.39, 0.29) is 11.7 Å². The molecule has 0 unspecified atom stereocenters. The molecular formula is C23H27N2O6S+. The van der Waals surface area contributed by atoms with Crippen molar-refractivity contribution >= 4 is 42.2 Å². The molecule has 1 heterocycles. The van der Waals surface area contributed by atoms with Gasteiger partial charge in [-0.3, -0.25) is 9.59 Å². The number of methoxy groups -OCH3 is 2. The Labute approximate surface area is 192 Å². The van der Waals surface area contributed by atoms with Gasteiger partial charge in [-0.1, -0.05) is 0 Å². The number of ether oxygens (including phenoxy) is 3. The lowest BCUT2D eigenvalue weighted by Crippen LogP contribution is -2.18. The zero-order valence-electron chi connectivity index (χ0n) is 18.3. The number of ketones is 1. The molecule has 8 nitrogen and oxygen atoms in total. The van der Waals surface area contributed by atoms with Crippen LogP contribution in [-0.2, 0) is 15.5 Å². The van der Waals surface area contributed by atoms with E-state index in [4.69, 9.17) is 18.5 Å². The van der Waals surface area contributed by atoms with Crippen molar-refractivity contribution in [3.8, 4) is 17.2 Å². The van der Waals surface area contributed by atoms with Gasteiger partial charge in [0.25, 0.3) is 5.69 Å². The van der Waals surface area contributed by atoms with Crippen molar-refractivity contribution in [2.24, 2.45) is 0 Å². The molecule has 1 N–H and O–H groups in total. The van der Waals surface area contributed by atoms with Crippen LogP contribution in [0.25, 0.3) is 0 Å². The topological polar surface area (TPSA) is 86.1 Å². The van der Waals surface area contributed by atoms with E-state index < -0.39 is 0 Å². The monoisotopic (exact) mass is 459 g/mol. The summed E-state index contributed by atoms with van der Waals surface area (Å²) in [5.74, 6) is 1.42. The minimum absolute atomic E-state index is 0.0417. The van der Waals surface area contributed by atoms with Crippen LogP contribution in [0.15, 0.2) is 30.3 Å². The molecule has 0 aromatic heterocycles. The maximum absolute atomic E-state index is 12.3. The number of nitrogens with zero attached hydrogens (tertiary/aromatic N) is 1. The van der Waals surface area contributed by atoms with Crippen LogP contribution in [0.3, 0.4) is 0 Å². The molecule has 170 valence electrons. The second-order valence-electron chi connectivity index (χ2n) is 7.20. The maximum Gasteiger partial charge on any atom is 0.273 e. The van der Waals surface area contributed by atoms with Gasteiger partial charge in [-0.2, -0.15) is 4.28 Å². The Morgan fingerprint density at radius 2 is 2.00 bits per heavy atom. The summed E-state index contributed by atoms with van der Waals surface area (Å²) < 4.78 is 23.1. The lowest BCUT2D eigenvalue weighted by Gasteiger charge is -2.17. The first kappa shape index (κ1) is 23.5. The molecule has 0 saturated heterocycles. The fraction of sp³-hybridized carbons (Fsp3) is 0.348. The van der Waals surface area contributed by atoms with E-state index in [1.165, 1.54) is 25.9 Å². The van der Waals surface area contributed by atoms with Gasteiger partial charge >= 0.3 is 0 Å². The summed E-state index contributed by atoms with van der Waals surface area (Å²) in [6.07, 6.45) is 4.32. The molecule has 0 saturated carbocycles. The van der Waals surface area contributed by atoms with Gasteiger partial charge in [0.2, 0.25) is 12.1 Å². The van der Waals surface area contributed by atoms with Gasteiger partial charge < -0.3 is 19.5 Å². The van der Waals surface area contributed by atoms with E-state index in [1.807, 2.05) is 18.2 Å². The molecule has 9 heteroatoms. The summed E-state index contributed by atoms with van der Waals surface area (Å²) in [4.78, 5) is 23.8. The molecule has 0 aliphatic carbocycles. The summed E-state index contributed by atoms with van der Waals surface area (Å²) in [5, 5.41) is 2.86. The number of rotatable bonds is 10. The van der Waals surface area contributed by atoms with Crippen LogP contribution in [0.5, 0.6) is 17.2 Å². The lowest BCUT2D eigenvalue weighted by molar-refractivity contribution is -0.672. The van der Waals surface area contributed by atoms with Crippen molar-refractivity contribution in [3.63, 3.8) is 0 Å². The minimum Gasteiger partial charge on any atom is -0.494 e. The molecule has 1 aliphatic rings. The number of aryl methyl sites for hydroxylation is 1. The highest BCUT2D eigenvalue weighted by Crippen LogP contribution is 2.37. The van der Waals surface area contributed by atoms with Crippen molar-refractivity contribution in [2.75, 3.05) is 26.1 Å². The van der Waals surface area contributed by atoms with Crippen molar-refractivity contribution in [1.82, 2.24) is 0 Å². The van der Waals surface area contributed by atoms with E-state index in [1.54, 1.807) is 18.3 Å². The summed E-state index contributed by atoms with van der Waals surface area (Å²) in [5.41, 5.74) is 2.77. The third-order valence-electron chi connectivity index (χ3n) is 5.09. The number of hydrogen-bond donors (Lipinski definition) is 2. The SMILES string of the molecule is COc1ccc([N+](=CCCCOc2ccc3c(c2)CCC(=O)N3)OS)c(C(C)=O)c1OC. The average Bonchev–Trinajstić information content (AvgIpc) is 2.80. The van der Waals surface area contributed by atoms with Crippen molar-refractivity contribution in [2.45, 2.75) is 32.6 Å². The maximum atomic E-state index is 12.3. The summed E-state index contributed by atoms with van der Waals surface area (Å²) in [7, 11) is 2.99.